The molecular weight excluding hydrogens is 189 g/mol. The first-order valence-corrected chi connectivity index (χ1v) is 5.38. The SMILES string of the molecule is CSc1cc(F)c(OC2CC2)cn1. The molecule has 1 aliphatic carbocycles. The van der Waals surface area contributed by atoms with Crippen LogP contribution in [0.4, 0.5) is 4.39 Å². The monoisotopic (exact) mass is 199 g/mol. The molecule has 2 nitrogen and oxygen atoms in total. The van der Waals surface area contributed by atoms with Gasteiger partial charge in [0.2, 0.25) is 0 Å². The highest BCUT2D eigenvalue weighted by Crippen LogP contribution is 2.29. The summed E-state index contributed by atoms with van der Waals surface area (Å²) in [6.07, 6.45) is 5.60. The lowest BCUT2D eigenvalue weighted by Gasteiger charge is -2.05. The third kappa shape index (κ3) is 2.12. The molecule has 0 spiro atoms. The van der Waals surface area contributed by atoms with Crippen LogP contribution in [0.3, 0.4) is 0 Å². The molecule has 4 heteroatoms. The van der Waals surface area contributed by atoms with E-state index in [9.17, 15) is 4.39 Å². The van der Waals surface area contributed by atoms with E-state index in [0.29, 0.717) is 5.03 Å². The minimum atomic E-state index is -0.314. The van der Waals surface area contributed by atoms with E-state index < -0.39 is 0 Å². The second kappa shape index (κ2) is 3.54. The highest BCUT2D eigenvalue weighted by molar-refractivity contribution is 7.98. The number of nitrogens with zero attached hydrogens (tertiary/aromatic N) is 1. The first-order chi connectivity index (χ1) is 6.29. The van der Waals surface area contributed by atoms with Crippen molar-refractivity contribution in [3.8, 4) is 5.75 Å². The van der Waals surface area contributed by atoms with E-state index in [2.05, 4.69) is 4.98 Å². The molecule has 1 aliphatic rings. The maximum absolute atomic E-state index is 13.2. The van der Waals surface area contributed by atoms with Crippen LogP contribution < -0.4 is 4.74 Å². The van der Waals surface area contributed by atoms with E-state index in [-0.39, 0.29) is 17.7 Å². The minimum absolute atomic E-state index is 0.219. The third-order valence-electron chi connectivity index (χ3n) is 1.82. The summed E-state index contributed by atoms with van der Waals surface area (Å²) in [7, 11) is 0. The van der Waals surface area contributed by atoms with Crippen molar-refractivity contribution in [2.75, 3.05) is 6.26 Å². The zero-order valence-corrected chi connectivity index (χ0v) is 8.10. The van der Waals surface area contributed by atoms with Crippen LogP contribution in [0.1, 0.15) is 12.8 Å². The van der Waals surface area contributed by atoms with E-state index in [0.717, 1.165) is 12.8 Å². The summed E-state index contributed by atoms with van der Waals surface area (Å²) in [4.78, 5) is 4.04. The van der Waals surface area contributed by atoms with Gasteiger partial charge in [0.25, 0.3) is 0 Å². The largest absolute Gasteiger partial charge is 0.486 e. The summed E-state index contributed by atoms with van der Waals surface area (Å²) in [5, 5.41) is 0.681. The zero-order valence-electron chi connectivity index (χ0n) is 7.29. The molecule has 1 aromatic heterocycles. The number of aromatic nitrogens is 1. The maximum atomic E-state index is 13.2. The fraction of sp³-hybridized carbons (Fsp3) is 0.444. The van der Waals surface area contributed by atoms with Gasteiger partial charge in [-0.05, 0) is 19.1 Å². The Morgan fingerprint density at radius 1 is 1.62 bits per heavy atom. The van der Waals surface area contributed by atoms with Gasteiger partial charge in [0, 0.05) is 6.07 Å². The van der Waals surface area contributed by atoms with Crippen molar-refractivity contribution >= 4 is 11.8 Å². The van der Waals surface area contributed by atoms with Gasteiger partial charge in [-0.2, -0.15) is 0 Å². The number of ether oxygens (including phenoxy) is 1. The van der Waals surface area contributed by atoms with Gasteiger partial charge in [0.1, 0.15) is 0 Å². The second-order valence-electron chi connectivity index (χ2n) is 2.97. The van der Waals surface area contributed by atoms with E-state index >= 15 is 0 Å². The molecule has 1 aromatic rings. The Labute approximate surface area is 80.5 Å². The van der Waals surface area contributed by atoms with Crippen molar-refractivity contribution < 1.29 is 9.13 Å². The van der Waals surface area contributed by atoms with Crippen LogP contribution in [0.25, 0.3) is 0 Å². The van der Waals surface area contributed by atoms with Gasteiger partial charge in [0.15, 0.2) is 11.6 Å². The summed E-state index contributed by atoms with van der Waals surface area (Å²) in [6, 6.07) is 1.41. The van der Waals surface area contributed by atoms with E-state index in [1.807, 2.05) is 6.26 Å². The average molecular weight is 199 g/mol. The molecular formula is C9H10FNOS. The number of halogens is 1. The van der Waals surface area contributed by atoms with Gasteiger partial charge in [-0.15, -0.1) is 11.8 Å². The van der Waals surface area contributed by atoms with Gasteiger partial charge in [-0.3, -0.25) is 0 Å². The lowest BCUT2D eigenvalue weighted by molar-refractivity contribution is 0.285. The van der Waals surface area contributed by atoms with Crippen molar-refractivity contribution in [3.63, 3.8) is 0 Å². The van der Waals surface area contributed by atoms with Crippen LogP contribution in [0, 0.1) is 5.82 Å². The van der Waals surface area contributed by atoms with Crippen LogP contribution in [0.15, 0.2) is 17.3 Å². The Kier molecular flexibility index (Phi) is 2.40. The zero-order chi connectivity index (χ0) is 9.26. The molecule has 2 rings (SSSR count). The first kappa shape index (κ1) is 8.81. The molecule has 0 aliphatic heterocycles. The molecule has 0 saturated heterocycles. The number of thioether (sulfide) groups is 1. The Balaban J connectivity index is 2.15. The predicted molar refractivity (Wildman–Crippen MR) is 49.6 cm³/mol. The second-order valence-corrected chi connectivity index (χ2v) is 3.80. The summed E-state index contributed by atoms with van der Waals surface area (Å²) < 4.78 is 18.6. The van der Waals surface area contributed by atoms with Crippen LogP contribution in [0.2, 0.25) is 0 Å². The van der Waals surface area contributed by atoms with Crippen molar-refractivity contribution in [2.24, 2.45) is 0 Å². The lowest BCUT2D eigenvalue weighted by atomic mass is 10.4. The van der Waals surface area contributed by atoms with Crippen molar-refractivity contribution in [3.05, 3.63) is 18.1 Å². The van der Waals surface area contributed by atoms with Gasteiger partial charge < -0.3 is 4.74 Å². The molecule has 70 valence electrons. The third-order valence-corrected chi connectivity index (χ3v) is 2.46. The molecule has 13 heavy (non-hydrogen) atoms. The van der Waals surface area contributed by atoms with Gasteiger partial charge in [-0.1, -0.05) is 0 Å². The lowest BCUT2D eigenvalue weighted by Crippen LogP contribution is -1.99. The highest BCUT2D eigenvalue weighted by atomic mass is 32.2. The normalized spacial score (nSPS) is 15.8. The van der Waals surface area contributed by atoms with Gasteiger partial charge >= 0.3 is 0 Å². The molecule has 1 heterocycles. The fourth-order valence-corrected chi connectivity index (χ4v) is 1.34. The predicted octanol–water partition coefficient (Wildman–Crippen LogP) is 2.48. The van der Waals surface area contributed by atoms with Crippen LogP contribution >= 0.6 is 11.8 Å². The topological polar surface area (TPSA) is 22.1 Å². The summed E-state index contributed by atoms with van der Waals surface area (Å²) in [6.45, 7) is 0. The molecule has 0 aromatic carbocycles. The number of hydrogen-bond donors (Lipinski definition) is 0. The minimum Gasteiger partial charge on any atom is -0.486 e. The van der Waals surface area contributed by atoms with E-state index in [1.165, 1.54) is 24.0 Å². The van der Waals surface area contributed by atoms with Gasteiger partial charge in [-0.25, -0.2) is 9.37 Å². The van der Waals surface area contributed by atoms with Crippen LogP contribution in [-0.4, -0.2) is 17.3 Å². The quantitative estimate of drug-likeness (QED) is 0.698. The fourth-order valence-electron chi connectivity index (χ4n) is 0.965. The molecule has 0 amide bonds. The molecule has 0 N–H and O–H groups in total. The number of rotatable bonds is 3. The summed E-state index contributed by atoms with van der Waals surface area (Å²) in [5.41, 5.74) is 0. The average Bonchev–Trinajstić information content (AvgIpc) is 2.92. The Morgan fingerprint density at radius 2 is 2.38 bits per heavy atom. The molecule has 0 atom stereocenters. The summed E-state index contributed by atoms with van der Waals surface area (Å²) >= 11 is 1.42. The Morgan fingerprint density at radius 3 is 2.92 bits per heavy atom. The molecule has 1 saturated carbocycles. The molecule has 0 bridgehead atoms. The summed E-state index contributed by atoms with van der Waals surface area (Å²) in [5.74, 6) is -0.0356. The van der Waals surface area contributed by atoms with E-state index in [4.69, 9.17) is 4.74 Å². The molecule has 0 radical (unpaired) electrons. The van der Waals surface area contributed by atoms with Crippen molar-refractivity contribution in [1.82, 2.24) is 4.98 Å². The molecule has 1 fully saturated rings. The molecule has 0 unspecified atom stereocenters. The van der Waals surface area contributed by atoms with Crippen LogP contribution in [0.5, 0.6) is 5.75 Å². The van der Waals surface area contributed by atoms with Crippen molar-refractivity contribution in [1.29, 1.82) is 0 Å². The maximum Gasteiger partial charge on any atom is 0.173 e. The number of pyridine rings is 1. The Hall–Kier alpha value is -0.770. The smallest absolute Gasteiger partial charge is 0.173 e. The highest BCUT2D eigenvalue weighted by Gasteiger charge is 2.24. The van der Waals surface area contributed by atoms with Crippen molar-refractivity contribution in [2.45, 2.75) is 24.0 Å². The Bertz CT molecular complexity index is 314. The first-order valence-electron chi connectivity index (χ1n) is 4.16. The standard InChI is InChI=1S/C9H10FNOS/c1-13-9-4-7(10)8(5-11-9)12-6-2-3-6/h4-6H,2-3H2,1H3. The van der Waals surface area contributed by atoms with Crippen LogP contribution in [-0.2, 0) is 0 Å². The number of hydrogen-bond acceptors (Lipinski definition) is 3. The van der Waals surface area contributed by atoms with E-state index in [1.54, 1.807) is 0 Å². The van der Waals surface area contributed by atoms with Gasteiger partial charge in [0.05, 0.1) is 17.3 Å².